The van der Waals surface area contributed by atoms with Crippen LogP contribution in [0.2, 0.25) is 0 Å². The topological polar surface area (TPSA) is 72.0 Å². The van der Waals surface area contributed by atoms with Crippen LogP contribution in [0, 0.1) is 12.8 Å². The van der Waals surface area contributed by atoms with Gasteiger partial charge in [0.15, 0.2) is 0 Å². The van der Waals surface area contributed by atoms with E-state index in [4.69, 9.17) is 0 Å². The Morgan fingerprint density at radius 2 is 2.38 bits per heavy atom. The average Bonchev–Trinajstić information content (AvgIpc) is 2.70. The SMILES string of the molecule is Cc1ccnc(S(=O)(=O)CC2CCNC2)n1. The van der Waals surface area contributed by atoms with E-state index in [9.17, 15) is 8.42 Å². The van der Waals surface area contributed by atoms with E-state index in [1.54, 1.807) is 13.0 Å². The van der Waals surface area contributed by atoms with Crippen molar-refractivity contribution in [1.29, 1.82) is 0 Å². The molecule has 0 spiro atoms. The number of sulfone groups is 1. The Labute approximate surface area is 95.2 Å². The van der Waals surface area contributed by atoms with Crippen LogP contribution in [-0.4, -0.2) is 37.2 Å². The first-order chi connectivity index (χ1) is 7.58. The molecule has 1 atom stereocenters. The number of aryl methyl sites for hydroxylation is 1. The highest BCUT2D eigenvalue weighted by molar-refractivity contribution is 7.91. The van der Waals surface area contributed by atoms with Gasteiger partial charge in [-0.05, 0) is 38.4 Å². The fourth-order valence-electron chi connectivity index (χ4n) is 1.82. The van der Waals surface area contributed by atoms with Crippen molar-refractivity contribution in [3.05, 3.63) is 18.0 Å². The van der Waals surface area contributed by atoms with Crippen LogP contribution in [0.3, 0.4) is 0 Å². The van der Waals surface area contributed by atoms with Crippen molar-refractivity contribution in [2.24, 2.45) is 5.92 Å². The molecule has 5 nitrogen and oxygen atoms in total. The maximum Gasteiger partial charge on any atom is 0.247 e. The Balaban J connectivity index is 2.18. The van der Waals surface area contributed by atoms with Gasteiger partial charge in [-0.1, -0.05) is 0 Å². The smallest absolute Gasteiger partial charge is 0.247 e. The quantitative estimate of drug-likeness (QED) is 0.764. The van der Waals surface area contributed by atoms with Crippen LogP contribution in [0.15, 0.2) is 17.4 Å². The van der Waals surface area contributed by atoms with E-state index in [-0.39, 0.29) is 16.8 Å². The lowest BCUT2D eigenvalue weighted by molar-refractivity contribution is 0.562. The van der Waals surface area contributed by atoms with Gasteiger partial charge in [-0.2, -0.15) is 0 Å². The minimum Gasteiger partial charge on any atom is -0.316 e. The largest absolute Gasteiger partial charge is 0.316 e. The molecule has 1 saturated heterocycles. The second kappa shape index (κ2) is 4.47. The molecule has 1 aliphatic rings. The average molecular weight is 241 g/mol. The van der Waals surface area contributed by atoms with Crippen molar-refractivity contribution in [3.63, 3.8) is 0 Å². The zero-order chi connectivity index (χ0) is 11.6. The van der Waals surface area contributed by atoms with Crippen molar-refractivity contribution in [2.45, 2.75) is 18.5 Å². The molecule has 2 rings (SSSR count). The predicted octanol–water partition coefficient (Wildman–Crippen LogP) is 0.168. The summed E-state index contributed by atoms with van der Waals surface area (Å²) in [5.41, 5.74) is 0.679. The predicted molar refractivity (Wildman–Crippen MR) is 59.8 cm³/mol. The van der Waals surface area contributed by atoms with Crippen molar-refractivity contribution >= 4 is 9.84 Å². The molecular weight excluding hydrogens is 226 g/mol. The molecule has 1 fully saturated rings. The highest BCUT2D eigenvalue weighted by Crippen LogP contribution is 2.14. The van der Waals surface area contributed by atoms with Gasteiger partial charge in [-0.3, -0.25) is 0 Å². The van der Waals surface area contributed by atoms with Gasteiger partial charge in [-0.25, -0.2) is 18.4 Å². The first-order valence-electron chi connectivity index (χ1n) is 5.31. The van der Waals surface area contributed by atoms with E-state index < -0.39 is 9.84 Å². The zero-order valence-electron chi connectivity index (χ0n) is 9.18. The van der Waals surface area contributed by atoms with Crippen LogP contribution in [-0.2, 0) is 9.84 Å². The molecule has 2 heterocycles. The summed E-state index contributed by atoms with van der Waals surface area (Å²) in [6.07, 6.45) is 2.40. The first kappa shape index (κ1) is 11.5. The Kier molecular flexibility index (Phi) is 3.20. The molecule has 0 aromatic carbocycles. The van der Waals surface area contributed by atoms with E-state index in [0.29, 0.717) is 5.69 Å². The van der Waals surface area contributed by atoms with Gasteiger partial charge in [0.05, 0.1) is 5.75 Å². The van der Waals surface area contributed by atoms with E-state index in [2.05, 4.69) is 15.3 Å². The van der Waals surface area contributed by atoms with Gasteiger partial charge >= 0.3 is 0 Å². The molecule has 0 aliphatic carbocycles. The zero-order valence-corrected chi connectivity index (χ0v) is 10.00. The molecule has 1 N–H and O–H groups in total. The van der Waals surface area contributed by atoms with E-state index in [1.807, 2.05) is 0 Å². The van der Waals surface area contributed by atoms with E-state index >= 15 is 0 Å². The highest BCUT2D eigenvalue weighted by Gasteiger charge is 2.25. The standard InChI is InChI=1S/C10H15N3O2S/c1-8-2-5-12-10(13-8)16(14,15)7-9-3-4-11-6-9/h2,5,9,11H,3-4,6-7H2,1H3. The Morgan fingerprint density at radius 1 is 1.56 bits per heavy atom. The molecule has 0 amide bonds. The minimum atomic E-state index is -3.33. The molecule has 1 aliphatic heterocycles. The number of aromatic nitrogens is 2. The number of rotatable bonds is 3. The fraction of sp³-hybridized carbons (Fsp3) is 0.600. The van der Waals surface area contributed by atoms with Gasteiger partial charge in [0.2, 0.25) is 15.0 Å². The normalized spacial score (nSPS) is 21.2. The third-order valence-electron chi connectivity index (χ3n) is 2.67. The Hall–Kier alpha value is -1.01. The van der Waals surface area contributed by atoms with Crippen molar-refractivity contribution in [1.82, 2.24) is 15.3 Å². The summed E-state index contributed by atoms with van der Waals surface area (Å²) in [5, 5.41) is 3.11. The van der Waals surface area contributed by atoms with Crippen LogP contribution in [0.4, 0.5) is 0 Å². The van der Waals surface area contributed by atoms with Crippen LogP contribution < -0.4 is 5.32 Å². The van der Waals surface area contributed by atoms with Gasteiger partial charge in [0, 0.05) is 11.9 Å². The third kappa shape index (κ3) is 2.56. The molecule has 6 heteroatoms. The number of hydrogen-bond donors (Lipinski definition) is 1. The first-order valence-corrected chi connectivity index (χ1v) is 6.96. The van der Waals surface area contributed by atoms with Gasteiger partial charge in [0.25, 0.3) is 0 Å². The fourth-order valence-corrected chi connectivity index (χ4v) is 3.38. The molecule has 1 unspecified atom stereocenters. The second-order valence-corrected chi connectivity index (χ2v) is 6.05. The lowest BCUT2D eigenvalue weighted by Crippen LogP contribution is -2.20. The van der Waals surface area contributed by atoms with Crippen LogP contribution in [0.5, 0.6) is 0 Å². The lowest BCUT2D eigenvalue weighted by atomic mass is 10.2. The summed E-state index contributed by atoms with van der Waals surface area (Å²) < 4.78 is 24.0. The van der Waals surface area contributed by atoms with E-state index in [1.165, 1.54) is 6.20 Å². The molecule has 1 aromatic rings. The molecule has 1 aromatic heterocycles. The summed E-state index contributed by atoms with van der Waals surface area (Å²) in [6.45, 7) is 3.43. The number of hydrogen-bond acceptors (Lipinski definition) is 5. The van der Waals surface area contributed by atoms with Gasteiger partial charge in [-0.15, -0.1) is 0 Å². The monoisotopic (exact) mass is 241 g/mol. The third-order valence-corrected chi connectivity index (χ3v) is 4.33. The van der Waals surface area contributed by atoms with Crippen LogP contribution >= 0.6 is 0 Å². The van der Waals surface area contributed by atoms with Gasteiger partial charge < -0.3 is 5.32 Å². The van der Waals surface area contributed by atoms with Gasteiger partial charge in [0.1, 0.15) is 0 Å². The molecule has 16 heavy (non-hydrogen) atoms. The maximum absolute atomic E-state index is 12.0. The summed E-state index contributed by atoms with van der Waals surface area (Å²) in [5.74, 6) is 0.331. The second-order valence-electron chi connectivity index (χ2n) is 4.12. The molecule has 88 valence electrons. The van der Waals surface area contributed by atoms with E-state index in [0.717, 1.165) is 19.5 Å². The summed E-state index contributed by atoms with van der Waals surface area (Å²) in [4.78, 5) is 7.80. The maximum atomic E-state index is 12.0. The lowest BCUT2D eigenvalue weighted by Gasteiger charge is -2.08. The molecule has 0 bridgehead atoms. The summed E-state index contributed by atoms with van der Waals surface area (Å²) in [6, 6.07) is 1.69. The molecule has 0 saturated carbocycles. The Bertz CT molecular complexity index is 467. The van der Waals surface area contributed by atoms with Crippen molar-refractivity contribution < 1.29 is 8.42 Å². The highest BCUT2D eigenvalue weighted by atomic mass is 32.2. The number of nitrogens with one attached hydrogen (secondary N) is 1. The van der Waals surface area contributed by atoms with Crippen LogP contribution in [0.25, 0.3) is 0 Å². The van der Waals surface area contributed by atoms with Crippen molar-refractivity contribution in [2.75, 3.05) is 18.8 Å². The number of nitrogens with zero attached hydrogens (tertiary/aromatic N) is 2. The Morgan fingerprint density at radius 3 is 3.00 bits per heavy atom. The summed E-state index contributed by atoms with van der Waals surface area (Å²) in [7, 11) is -3.33. The van der Waals surface area contributed by atoms with Crippen molar-refractivity contribution in [3.8, 4) is 0 Å². The minimum absolute atomic E-state index is 0.0422. The van der Waals surface area contributed by atoms with Crippen LogP contribution in [0.1, 0.15) is 12.1 Å². The summed E-state index contributed by atoms with van der Waals surface area (Å²) >= 11 is 0. The molecule has 0 radical (unpaired) electrons. The molecular formula is C10H15N3O2S.